The van der Waals surface area contributed by atoms with Crippen molar-refractivity contribution >= 4 is 17.7 Å². The zero-order chi connectivity index (χ0) is 18.2. The minimum Gasteiger partial charge on any atom is -0.356 e. The highest BCUT2D eigenvalue weighted by atomic mass is 32.2. The van der Waals surface area contributed by atoms with Gasteiger partial charge in [0.15, 0.2) is 5.96 Å². The first kappa shape index (κ1) is 19.6. The lowest BCUT2D eigenvalue weighted by atomic mass is 9.96. The van der Waals surface area contributed by atoms with Crippen LogP contribution in [0.3, 0.4) is 0 Å². The van der Waals surface area contributed by atoms with Crippen molar-refractivity contribution in [1.82, 2.24) is 15.5 Å². The number of thioether (sulfide) groups is 1. The molecule has 2 saturated heterocycles. The van der Waals surface area contributed by atoms with Gasteiger partial charge in [-0.3, -0.25) is 9.89 Å². The first-order valence-corrected chi connectivity index (χ1v) is 11.1. The van der Waals surface area contributed by atoms with Crippen LogP contribution in [0.5, 0.6) is 0 Å². The Bertz CT molecular complexity index is 558. The number of guanidine groups is 1. The van der Waals surface area contributed by atoms with Crippen LogP contribution in [-0.4, -0.2) is 55.1 Å². The van der Waals surface area contributed by atoms with Gasteiger partial charge in [-0.15, -0.1) is 0 Å². The molecule has 0 aromatic heterocycles. The molecule has 4 nitrogen and oxygen atoms in total. The fourth-order valence-corrected chi connectivity index (χ4v) is 4.98. The van der Waals surface area contributed by atoms with Gasteiger partial charge in [0.2, 0.25) is 0 Å². The van der Waals surface area contributed by atoms with E-state index < -0.39 is 0 Å². The molecule has 0 bridgehead atoms. The third kappa shape index (κ3) is 6.20. The number of rotatable bonds is 6. The molecule has 2 N–H and O–H groups in total. The maximum absolute atomic E-state index is 4.39. The summed E-state index contributed by atoms with van der Waals surface area (Å²) in [6.07, 6.45) is 5.25. The second-order valence-corrected chi connectivity index (χ2v) is 9.08. The van der Waals surface area contributed by atoms with Crippen LogP contribution in [0.15, 0.2) is 29.3 Å². The molecule has 0 saturated carbocycles. The molecule has 0 aliphatic carbocycles. The Hall–Kier alpha value is -1.20. The fraction of sp³-hybridized carbons (Fsp3) is 0.667. The van der Waals surface area contributed by atoms with Crippen molar-refractivity contribution in [2.75, 3.05) is 39.0 Å². The molecule has 3 rings (SSSR count). The Balaban J connectivity index is 1.33. The standard InChI is InChI=1S/C21H34N4S/c1-17-5-7-19(8-6-17)16-25-11-9-18(10-12-25)14-23-21(22-2)24-15-20-4-3-13-26-20/h5-8,18,20H,3-4,9-16H2,1-2H3,(H2,22,23,24). The molecule has 0 amide bonds. The topological polar surface area (TPSA) is 39.7 Å². The molecule has 1 aromatic carbocycles. The van der Waals surface area contributed by atoms with E-state index in [9.17, 15) is 0 Å². The number of nitrogens with one attached hydrogen (secondary N) is 2. The number of hydrogen-bond donors (Lipinski definition) is 2. The van der Waals surface area contributed by atoms with E-state index in [1.54, 1.807) is 0 Å². The highest BCUT2D eigenvalue weighted by Crippen LogP contribution is 2.25. The Kier molecular flexibility index (Phi) is 7.69. The quantitative estimate of drug-likeness (QED) is 0.592. The Morgan fingerprint density at radius 3 is 2.50 bits per heavy atom. The summed E-state index contributed by atoms with van der Waals surface area (Å²) in [5, 5.41) is 7.81. The van der Waals surface area contributed by atoms with E-state index >= 15 is 0 Å². The number of aryl methyl sites for hydroxylation is 1. The predicted octanol–water partition coefficient (Wildman–Crippen LogP) is 3.27. The lowest BCUT2D eigenvalue weighted by Gasteiger charge is -2.32. The van der Waals surface area contributed by atoms with Crippen LogP contribution in [0.1, 0.15) is 36.8 Å². The van der Waals surface area contributed by atoms with Gasteiger partial charge in [0, 0.05) is 31.9 Å². The molecule has 2 aliphatic heterocycles. The number of piperidine rings is 1. The second-order valence-electron chi connectivity index (χ2n) is 7.67. The summed E-state index contributed by atoms with van der Waals surface area (Å²) in [4.78, 5) is 6.97. The molecule has 2 heterocycles. The van der Waals surface area contributed by atoms with E-state index in [-0.39, 0.29) is 0 Å². The van der Waals surface area contributed by atoms with Gasteiger partial charge < -0.3 is 10.6 Å². The first-order valence-electron chi connectivity index (χ1n) is 10.1. The smallest absolute Gasteiger partial charge is 0.191 e. The molecule has 5 heteroatoms. The zero-order valence-electron chi connectivity index (χ0n) is 16.3. The van der Waals surface area contributed by atoms with E-state index in [1.807, 2.05) is 7.05 Å². The SMILES string of the molecule is CN=C(NCC1CCN(Cc2ccc(C)cc2)CC1)NCC1CCCS1. The van der Waals surface area contributed by atoms with Crippen LogP contribution in [0.2, 0.25) is 0 Å². The second kappa shape index (κ2) is 10.2. The summed E-state index contributed by atoms with van der Waals surface area (Å²) in [5.41, 5.74) is 2.77. The highest BCUT2D eigenvalue weighted by Gasteiger charge is 2.20. The predicted molar refractivity (Wildman–Crippen MR) is 114 cm³/mol. The van der Waals surface area contributed by atoms with Gasteiger partial charge in [-0.05, 0) is 62.9 Å². The molecule has 1 aromatic rings. The summed E-state index contributed by atoms with van der Waals surface area (Å²) in [6, 6.07) is 8.96. The van der Waals surface area contributed by atoms with E-state index in [1.165, 1.54) is 55.7 Å². The molecule has 1 atom stereocenters. The summed E-state index contributed by atoms with van der Waals surface area (Å²) < 4.78 is 0. The number of hydrogen-bond acceptors (Lipinski definition) is 3. The Morgan fingerprint density at radius 1 is 1.12 bits per heavy atom. The zero-order valence-corrected chi connectivity index (χ0v) is 17.2. The summed E-state index contributed by atoms with van der Waals surface area (Å²) >= 11 is 2.09. The molecule has 2 aliphatic rings. The van der Waals surface area contributed by atoms with Crippen molar-refractivity contribution < 1.29 is 0 Å². The minimum absolute atomic E-state index is 0.753. The summed E-state index contributed by atoms with van der Waals surface area (Å²) in [5.74, 6) is 3.04. The van der Waals surface area contributed by atoms with E-state index in [4.69, 9.17) is 0 Å². The van der Waals surface area contributed by atoms with Crippen molar-refractivity contribution in [3.63, 3.8) is 0 Å². The molecule has 26 heavy (non-hydrogen) atoms. The third-order valence-corrected chi connectivity index (χ3v) is 6.94. The van der Waals surface area contributed by atoms with Crippen molar-refractivity contribution in [2.45, 2.75) is 44.4 Å². The van der Waals surface area contributed by atoms with E-state index in [0.717, 1.165) is 36.8 Å². The van der Waals surface area contributed by atoms with Gasteiger partial charge in [-0.2, -0.15) is 11.8 Å². The monoisotopic (exact) mass is 374 g/mol. The van der Waals surface area contributed by atoms with Gasteiger partial charge in [-0.1, -0.05) is 29.8 Å². The van der Waals surface area contributed by atoms with Crippen LogP contribution in [0.4, 0.5) is 0 Å². The maximum Gasteiger partial charge on any atom is 0.191 e. The number of likely N-dealkylation sites (tertiary alicyclic amines) is 1. The Morgan fingerprint density at radius 2 is 1.85 bits per heavy atom. The van der Waals surface area contributed by atoms with E-state index in [0.29, 0.717) is 0 Å². The van der Waals surface area contributed by atoms with Crippen molar-refractivity contribution in [1.29, 1.82) is 0 Å². The van der Waals surface area contributed by atoms with Crippen LogP contribution < -0.4 is 10.6 Å². The molecular formula is C21H34N4S. The van der Waals surface area contributed by atoms with Crippen LogP contribution in [0, 0.1) is 12.8 Å². The maximum atomic E-state index is 4.39. The van der Waals surface area contributed by atoms with Gasteiger partial charge in [-0.25, -0.2) is 0 Å². The van der Waals surface area contributed by atoms with Crippen molar-refractivity contribution in [3.8, 4) is 0 Å². The summed E-state index contributed by atoms with van der Waals surface area (Å²) in [6.45, 7) is 7.71. The van der Waals surface area contributed by atoms with Crippen molar-refractivity contribution in [3.05, 3.63) is 35.4 Å². The average molecular weight is 375 g/mol. The van der Waals surface area contributed by atoms with E-state index in [2.05, 4.69) is 63.5 Å². The molecule has 1 unspecified atom stereocenters. The molecule has 0 spiro atoms. The summed E-state index contributed by atoms with van der Waals surface area (Å²) in [7, 11) is 1.88. The van der Waals surface area contributed by atoms with Gasteiger partial charge in [0.05, 0.1) is 0 Å². The number of nitrogens with zero attached hydrogens (tertiary/aromatic N) is 2. The average Bonchev–Trinajstić information content (AvgIpc) is 3.18. The first-order chi connectivity index (χ1) is 12.7. The van der Waals surface area contributed by atoms with Crippen LogP contribution in [-0.2, 0) is 6.54 Å². The highest BCUT2D eigenvalue weighted by molar-refractivity contribution is 8.00. The largest absolute Gasteiger partial charge is 0.356 e. The van der Waals surface area contributed by atoms with Gasteiger partial charge in [0.25, 0.3) is 0 Å². The molecule has 144 valence electrons. The lowest BCUT2D eigenvalue weighted by molar-refractivity contribution is 0.178. The third-order valence-electron chi connectivity index (χ3n) is 5.54. The fourth-order valence-electron chi connectivity index (χ4n) is 3.78. The normalized spacial score (nSPS) is 22.5. The number of benzene rings is 1. The Labute approximate surface area is 163 Å². The molecule has 0 radical (unpaired) electrons. The lowest BCUT2D eigenvalue weighted by Crippen LogP contribution is -2.44. The minimum atomic E-state index is 0.753. The van der Waals surface area contributed by atoms with Crippen LogP contribution in [0.25, 0.3) is 0 Å². The van der Waals surface area contributed by atoms with Crippen molar-refractivity contribution in [2.24, 2.45) is 10.9 Å². The van der Waals surface area contributed by atoms with Gasteiger partial charge >= 0.3 is 0 Å². The molecule has 2 fully saturated rings. The molecular weight excluding hydrogens is 340 g/mol. The van der Waals surface area contributed by atoms with Gasteiger partial charge in [0.1, 0.15) is 0 Å². The number of aliphatic imine (C=N–C) groups is 1. The van der Waals surface area contributed by atoms with Crippen LogP contribution >= 0.6 is 11.8 Å².